The normalized spacial score (nSPS) is 8.69. The summed E-state index contributed by atoms with van der Waals surface area (Å²) in [6, 6.07) is 7.77. The summed E-state index contributed by atoms with van der Waals surface area (Å²) in [5.74, 6) is 5.92. The highest BCUT2D eigenvalue weighted by atomic mass is 79.9. The molecule has 0 amide bonds. The van der Waals surface area contributed by atoms with Crippen molar-refractivity contribution in [3.8, 4) is 11.8 Å². The summed E-state index contributed by atoms with van der Waals surface area (Å²) in [5.41, 5.74) is 0.966. The van der Waals surface area contributed by atoms with E-state index in [0.29, 0.717) is 12.8 Å². The van der Waals surface area contributed by atoms with Crippen LogP contribution in [-0.4, -0.2) is 6.29 Å². The van der Waals surface area contributed by atoms with E-state index in [1.165, 1.54) is 0 Å². The fourth-order valence-corrected chi connectivity index (χ4v) is 1.24. The number of halogens is 1. The van der Waals surface area contributed by atoms with Gasteiger partial charge in [-0.05, 0) is 28.1 Å². The van der Waals surface area contributed by atoms with Crippen molar-refractivity contribution in [3.63, 3.8) is 0 Å². The molecule has 1 aromatic rings. The molecule has 0 heterocycles. The highest BCUT2D eigenvalue weighted by Gasteiger charge is 1.91. The van der Waals surface area contributed by atoms with Crippen LogP contribution >= 0.6 is 15.9 Å². The second kappa shape index (κ2) is 5.55. The van der Waals surface area contributed by atoms with Crippen LogP contribution in [0.5, 0.6) is 0 Å². The maximum atomic E-state index is 10.0. The van der Waals surface area contributed by atoms with E-state index in [4.69, 9.17) is 0 Å². The first-order valence-electron chi connectivity index (χ1n) is 4.01. The topological polar surface area (TPSA) is 17.1 Å². The summed E-state index contributed by atoms with van der Waals surface area (Å²) < 4.78 is 0.994. The third-order valence-corrected chi connectivity index (χ3v) is 2.18. The Kier molecular flexibility index (Phi) is 4.28. The SMILES string of the molecule is O=CCCC#Cc1ccccc1Br. The number of rotatable bonds is 2. The summed E-state index contributed by atoms with van der Waals surface area (Å²) >= 11 is 3.39. The molecule has 13 heavy (non-hydrogen) atoms. The molecule has 0 aliphatic rings. The van der Waals surface area contributed by atoms with Gasteiger partial charge in [0.05, 0.1) is 0 Å². The molecule has 0 saturated heterocycles. The molecule has 0 bridgehead atoms. The molecule has 0 aliphatic carbocycles. The molecule has 1 aromatic carbocycles. The molecule has 1 nitrogen and oxygen atoms in total. The van der Waals surface area contributed by atoms with Crippen molar-refractivity contribution < 1.29 is 4.79 Å². The lowest BCUT2D eigenvalue weighted by Gasteiger charge is -1.92. The average Bonchev–Trinajstić information content (AvgIpc) is 2.15. The maximum absolute atomic E-state index is 10.0. The molecule has 2 heteroatoms. The van der Waals surface area contributed by atoms with Gasteiger partial charge in [-0.15, -0.1) is 0 Å². The molecule has 0 atom stereocenters. The molecule has 0 N–H and O–H groups in total. The van der Waals surface area contributed by atoms with E-state index >= 15 is 0 Å². The van der Waals surface area contributed by atoms with Crippen LogP contribution in [0.4, 0.5) is 0 Å². The number of aldehydes is 1. The van der Waals surface area contributed by atoms with Gasteiger partial charge in [0.25, 0.3) is 0 Å². The summed E-state index contributed by atoms with van der Waals surface area (Å²) in [4.78, 5) is 10.0. The second-order valence-electron chi connectivity index (χ2n) is 2.49. The Morgan fingerprint density at radius 2 is 2.15 bits per heavy atom. The van der Waals surface area contributed by atoms with Crippen LogP contribution in [0.1, 0.15) is 18.4 Å². The average molecular weight is 237 g/mol. The Bertz CT molecular complexity index is 347. The van der Waals surface area contributed by atoms with Crippen molar-refractivity contribution in [2.75, 3.05) is 0 Å². The fraction of sp³-hybridized carbons (Fsp3) is 0.182. The summed E-state index contributed by atoms with van der Waals surface area (Å²) in [6.45, 7) is 0. The van der Waals surface area contributed by atoms with Crippen molar-refractivity contribution in [3.05, 3.63) is 34.3 Å². The molecule has 1 rings (SSSR count). The van der Waals surface area contributed by atoms with E-state index < -0.39 is 0 Å². The Labute approximate surface area is 86.3 Å². The van der Waals surface area contributed by atoms with Gasteiger partial charge in [-0.25, -0.2) is 0 Å². The van der Waals surface area contributed by atoms with E-state index in [1.54, 1.807) is 0 Å². The summed E-state index contributed by atoms with van der Waals surface area (Å²) in [7, 11) is 0. The Morgan fingerprint density at radius 3 is 2.85 bits per heavy atom. The molecule has 0 saturated carbocycles. The largest absolute Gasteiger partial charge is 0.303 e. The standard InChI is InChI=1S/C11H9BrO/c12-11-8-4-3-7-10(11)6-2-1-5-9-13/h3-4,7-9H,1,5H2. The van der Waals surface area contributed by atoms with Gasteiger partial charge in [0.2, 0.25) is 0 Å². The van der Waals surface area contributed by atoms with Crippen LogP contribution in [0.25, 0.3) is 0 Å². The quantitative estimate of drug-likeness (QED) is 0.439. The smallest absolute Gasteiger partial charge is 0.120 e. The zero-order chi connectivity index (χ0) is 9.52. The molecular formula is C11H9BrO. The van der Waals surface area contributed by atoms with Crippen molar-refractivity contribution in [2.24, 2.45) is 0 Å². The highest BCUT2D eigenvalue weighted by molar-refractivity contribution is 9.10. The Hall–Kier alpha value is -1.07. The van der Waals surface area contributed by atoms with Gasteiger partial charge < -0.3 is 4.79 Å². The van der Waals surface area contributed by atoms with E-state index in [2.05, 4.69) is 27.8 Å². The fourth-order valence-electron chi connectivity index (χ4n) is 0.851. The van der Waals surface area contributed by atoms with E-state index in [1.807, 2.05) is 24.3 Å². The highest BCUT2D eigenvalue weighted by Crippen LogP contribution is 2.14. The minimum atomic E-state index is 0.511. The monoisotopic (exact) mass is 236 g/mol. The molecule has 0 radical (unpaired) electrons. The van der Waals surface area contributed by atoms with Crippen molar-refractivity contribution in [1.82, 2.24) is 0 Å². The van der Waals surface area contributed by atoms with Crippen LogP contribution in [0.2, 0.25) is 0 Å². The number of carbonyl (C=O) groups excluding carboxylic acids is 1. The first-order valence-corrected chi connectivity index (χ1v) is 4.81. The Balaban J connectivity index is 2.66. The predicted octanol–water partition coefficient (Wildman–Crippen LogP) is 2.78. The van der Waals surface area contributed by atoms with Crippen LogP contribution in [0, 0.1) is 11.8 Å². The molecule has 0 fully saturated rings. The van der Waals surface area contributed by atoms with Crippen LogP contribution in [0.15, 0.2) is 28.7 Å². The van der Waals surface area contributed by atoms with Crippen LogP contribution in [-0.2, 0) is 4.79 Å². The molecular weight excluding hydrogens is 228 g/mol. The molecule has 0 spiro atoms. The first-order chi connectivity index (χ1) is 6.34. The number of carbonyl (C=O) groups is 1. The molecule has 0 unspecified atom stereocenters. The lowest BCUT2D eigenvalue weighted by molar-refractivity contribution is -0.107. The zero-order valence-corrected chi connectivity index (χ0v) is 8.67. The van der Waals surface area contributed by atoms with Gasteiger partial charge in [0, 0.05) is 22.9 Å². The van der Waals surface area contributed by atoms with Crippen molar-refractivity contribution in [2.45, 2.75) is 12.8 Å². The number of hydrogen-bond donors (Lipinski definition) is 0. The number of unbranched alkanes of at least 4 members (excludes halogenated alkanes) is 1. The molecule has 66 valence electrons. The van der Waals surface area contributed by atoms with E-state index in [9.17, 15) is 4.79 Å². The van der Waals surface area contributed by atoms with Gasteiger partial charge in [0.1, 0.15) is 6.29 Å². The molecule has 0 aromatic heterocycles. The minimum Gasteiger partial charge on any atom is -0.303 e. The van der Waals surface area contributed by atoms with Crippen LogP contribution in [0.3, 0.4) is 0 Å². The maximum Gasteiger partial charge on any atom is 0.120 e. The van der Waals surface area contributed by atoms with Gasteiger partial charge in [-0.3, -0.25) is 0 Å². The predicted molar refractivity (Wildman–Crippen MR) is 56.3 cm³/mol. The third kappa shape index (κ3) is 3.43. The zero-order valence-electron chi connectivity index (χ0n) is 7.09. The van der Waals surface area contributed by atoms with E-state index in [-0.39, 0.29) is 0 Å². The van der Waals surface area contributed by atoms with Crippen molar-refractivity contribution >= 4 is 22.2 Å². The van der Waals surface area contributed by atoms with Crippen LogP contribution < -0.4 is 0 Å². The van der Waals surface area contributed by atoms with Gasteiger partial charge in [-0.1, -0.05) is 24.0 Å². The summed E-state index contributed by atoms with van der Waals surface area (Å²) in [5, 5.41) is 0. The second-order valence-corrected chi connectivity index (χ2v) is 3.34. The first kappa shape index (κ1) is 10.0. The third-order valence-electron chi connectivity index (χ3n) is 1.48. The number of benzene rings is 1. The minimum absolute atomic E-state index is 0.511. The lowest BCUT2D eigenvalue weighted by atomic mass is 10.2. The van der Waals surface area contributed by atoms with Crippen molar-refractivity contribution in [1.29, 1.82) is 0 Å². The Morgan fingerprint density at radius 1 is 1.38 bits per heavy atom. The lowest BCUT2D eigenvalue weighted by Crippen LogP contribution is -1.76. The summed E-state index contributed by atoms with van der Waals surface area (Å²) in [6.07, 6.45) is 2.02. The van der Waals surface area contributed by atoms with Gasteiger partial charge in [-0.2, -0.15) is 0 Å². The number of hydrogen-bond acceptors (Lipinski definition) is 1. The van der Waals surface area contributed by atoms with Gasteiger partial charge in [0.15, 0.2) is 0 Å². The molecule has 0 aliphatic heterocycles. The van der Waals surface area contributed by atoms with E-state index in [0.717, 1.165) is 16.3 Å². The van der Waals surface area contributed by atoms with Gasteiger partial charge >= 0.3 is 0 Å².